The van der Waals surface area contributed by atoms with Crippen LogP contribution < -0.4 is 29.6 Å². The van der Waals surface area contributed by atoms with Crippen LogP contribution in [0.5, 0.6) is 0 Å². The summed E-state index contributed by atoms with van der Waals surface area (Å²) in [6, 6.07) is 5.47. The molecule has 0 aromatic heterocycles. The summed E-state index contributed by atoms with van der Waals surface area (Å²) in [5.74, 6) is 0. The second-order valence-corrected chi connectivity index (χ2v) is 3.78. The van der Waals surface area contributed by atoms with Gasteiger partial charge in [0, 0.05) is 0 Å². The number of nitrogens with zero attached hydrogens (tertiary/aromatic N) is 1. The smallest absolute Gasteiger partial charge is 0.282 e. The van der Waals surface area contributed by atoms with E-state index in [1.807, 2.05) is 0 Å². The zero-order valence-electron chi connectivity index (χ0n) is 7.34. The summed E-state index contributed by atoms with van der Waals surface area (Å²) in [5, 5.41) is 2.09. The van der Waals surface area contributed by atoms with Crippen LogP contribution in [0, 0.1) is 0 Å². The van der Waals surface area contributed by atoms with E-state index in [0.717, 1.165) is 0 Å². The summed E-state index contributed by atoms with van der Waals surface area (Å²) in [6.07, 6.45) is 0. The molecule has 0 atom stereocenters. The zero-order chi connectivity index (χ0) is 9.90. The van der Waals surface area contributed by atoms with Crippen molar-refractivity contribution in [1.82, 2.24) is 0 Å². The Hall–Kier alpha value is -0.0700. The van der Waals surface area contributed by atoms with Crippen LogP contribution in [0.3, 0.4) is 0 Å². The van der Waals surface area contributed by atoms with Gasteiger partial charge in [-0.15, -0.1) is 0 Å². The van der Waals surface area contributed by atoms with Crippen molar-refractivity contribution < 1.29 is 42.5 Å². The van der Waals surface area contributed by atoms with Crippen LogP contribution in [-0.4, -0.2) is 18.1 Å². The third-order valence-corrected chi connectivity index (χ3v) is 2.23. The molecule has 0 unspecified atom stereocenters. The van der Waals surface area contributed by atoms with Gasteiger partial charge in [-0.2, -0.15) is 13.4 Å². The van der Waals surface area contributed by atoms with Gasteiger partial charge >= 0.3 is 29.6 Å². The molecule has 0 aliphatic carbocycles. The van der Waals surface area contributed by atoms with E-state index in [9.17, 15) is 8.42 Å². The van der Waals surface area contributed by atoms with E-state index in [1.54, 1.807) is 6.07 Å². The predicted molar refractivity (Wildman–Crippen MR) is 50.9 cm³/mol. The maximum atomic E-state index is 10.7. The van der Waals surface area contributed by atoms with Crippen LogP contribution in [0.2, 0.25) is 0 Å². The number of thiocarbonyl (C=S) groups is 1. The molecule has 0 saturated heterocycles. The summed E-state index contributed by atoms with van der Waals surface area (Å²) in [7, 11) is -4.17. The molecule has 0 aliphatic heterocycles. The average Bonchev–Trinajstić information content (AvgIpc) is 2.04. The molecule has 1 N–H and O–H groups in total. The first-order chi connectivity index (χ1) is 6.04. The van der Waals surface area contributed by atoms with Gasteiger partial charge in [-0.05, 0) is 30.4 Å². The number of benzene rings is 1. The monoisotopic (exact) mass is 238 g/mol. The van der Waals surface area contributed by atoms with Crippen molar-refractivity contribution >= 4 is 33.2 Å². The molecule has 0 aliphatic rings. The van der Waals surface area contributed by atoms with Crippen molar-refractivity contribution in [3.05, 3.63) is 24.3 Å². The minimum absolute atomic E-state index is 0. The van der Waals surface area contributed by atoms with Crippen molar-refractivity contribution in [2.24, 2.45) is 4.99 Å². The third kappa shape index (κ3) is 3.98. The fourth-order valence-electron chi connectivity index (χ4n) is 0.766. The fraction of sp³-hybridized carbons (Fsp3) is 0. The van der Waals surface area contributed by atoms with Gasteiger partial charge in [-0.25, -0.2) is 0 Å². The maximum Gasteiger partial charge on any atom is 1.00 e. The van der Waals surface area contributed by atoms with Crippen LogP contribution in [0.1, 0.15) is 0 Å². The maximum absolute atomic E-state index is 10.7. The number of isothiocyanates is 1. The van der Waals surface area contributed by atoms with Gasteiger partial charge in [-0.1, -0.05) is 6.07 Å². The van der Waals surface area contributed by atoms with Crippen LogP contribution in [0.25, 0.3) is 0 Å². The Balaban J connectivity index is 0.00000169. The Kier molecular flexibility index (Phi) is 5.70. The van der Waals surface area contributed by atoms with E-state index in [2.05, 4.69) is 22.4 Å². The molecule has 0 amide bonds. The molecule has 0 saturated carbocycles. The van der Waals surface area contributed by atoms with Crippen molar-refractivity contribution in [3.63, 3.8) is 0 Å². The average molecular weight is 238 g/mol. The number of hydrogen-bond acceptors (Lipinski definition) is 4. The SMILES string of the molecule is O=S(=O)(O)c1cccc(N=C=S)c1.[Na+]. The number of aliphatic imine (C=N–C) groups is 1. The van der Waals surface area contributed by atoms with E-state index >= 15 is 0 Å². The minimum atomic E-state index is -4.17. The Morgan fingerprint density at radius 1 is 1.43 bits per heavy atom. The predicted octanol–water partition coefficient (Wildman–Crippen LogP) is -1.33. The molecule has 7 heteroatoms. The molecule has 0 radical (unpaired) electrons. The summed E-state index contributed by atoms with van der Waals surface area (Å²) in [5.41, 5.74) is 0.338. The second-order valence-electron chi connectivity index (χ2n) is 2.18. The van der Waals surface area contributed by atoms with Gasteiger partial charge < -0.3 is 0 Å². The second kappa shape index (κ2) is 5.72. The number of rotatable bonds is 2. The Morgan fingerprint density at radius 2 is 2.07 bits per heavy atom. The van der Waals surface area contributed by atoms with Crippen molar-refractivity contribution in [1.29, 1.82) is 0 Å². The molecule has 0 bridgehead atoms. The molecule has 1 aromatic carbocycles. The van der Waals surface area contributed by atoms with E-state index in [0.29, 0.717) is 5.69 Å². The Morgan fingerprint density at radius 3 is 2.57 bits per heavy atom. The molecule has 4 nitrogen and oxygen atoms in total. The molecule has 68 valence electrons. The first kappa shape index (κ1) is 13.9. The normalized spacial score (nSPS) is 9.79. The van der Waals surface area contributed by atoms with E-state index < -0.39 is 10.1 Å². The molecular formula is C7H5NNaO3S2+. The van der Waals surface area contributed by atoms with Gasteiger partial charge in [0.15, 0.2) is 0 Å². The van der Waals surface area contributed by atoms with Crippen LogP contribution in [-0.2, 0) is 10.1 Å². The molecule has 1 aromatic rings. The Bertz CT molecular complexity index is 466. The van der Waals surface area contributed by atoms with Crippen LogP contribution >= 0.6 is 12.2 Å². The molecule has 0 heterocycles. The van der Waals surface area contributed by atoms with Crippen molar-refractivity contribution in [2.75, 3.05) is 0 Å². The van der Waals surface area contributed by atoms with Crippen LogP contribution in [0.4, 0.5) is 5.69 Å². The van der Waals surface area contributed by atoms with Gasteiger partial charge in [0.2, 0.25) is 0 Å². The van der Waals surface area contributed by atoms with Crippen molar-refractivity contribution in [3.8, 4) is 0 Å². The molecule has 14 heavy (non-hydrogen) atoms. The standard InChI is InChI=1S/C7H5NO3S2.Na/c9-13(10,11)7-3-1-2-6(4-7)8-5-12;/h1-4H,(H,9,10,11);/q;+1. The molecular weight excluding hydrogens is 233 g/mol. The van der Waals surface area contributed by atoms with Gasteiger partial charge in [0.25, 0.3) is 10.1 Å². The molecule has 0 fully saturated rings. The zero-order valence-corrected chi connectivity index (χ0v) is 11.0. The third-order valence-electron chi connectivity index (χ3n) is 1.29. The minimum Gasteiger partial charge on any atom is -0.282 e. The quantitative estimate of drug-likeness (QED) is 0.300. The first-order valence-electron chi connectivity index (χ1n) is 3.19. The van der Waals surface area contributed by atoms with Crippen LogP contribution in [0.15, 0.2) is 34.2 Å². The fourth-order valence-corrected chi connectivity index (χ4v) is 1.39. The summed E-state index contributed by atoms with van der Waals surface area (Å²) in [4.78, 5) is 3.36. The molecule has 0 spiro atoms. The van der Waals surface area contributed by atoms with Gasteiger partial charge in [0.05, 0.1) is 15.7 Å². The Labute approximate surface area is 109 Å². The molecule has 1 rings (SSSR count). The summed E-state index contributed by atoms with van der Waals surface area (Å²) >= 11 is 4.34. The number of hydrogen-bond donors (Lipinski definition) is 1. The van der Waals surface area contributed by atoms with Gasteiger partial charge in [-0.3, -0.25) is 4.55 Å². The van der Waals surface area contributed by atoms with E-state index in [1.165, 1.54) is 18.2 Å². The largest absolute Gasteiger partial charge is 1.00 e. The van der Waals surface area contributed by atoms with E-state index in [4.69, 9.17) is 4.55 Å². The summed E-state index contributed by atoms with van der Waals surface area (Å²) in [6.45, 7) is 0. The van der Waals surface area contributed by atoms with E-state index in [-0.39, 0.29) is 34.5 Å². The van der Waals surface area contributed by atoms with Gasteiger partial charge in [0.1, 0.15) is 0 Å². The summed E-state index contributed by atoms with van der Waals surface area (Å²) < 4.78 is 30.0. The first-order valence-corrected chi connectivity index (χ1v) is 5.04. The van der Waals surface area contributed by atoms with Crippen molar-refractivity contribution in [2.45, 2.75) is 4.90 Å². The topological polar surface area (TPSA) is 66.7 Å².